The molecule has 0 saturated carbocycles. The molecule has 0 aliphatic rings. The molecule has 0 bridgehead atoms. The van der Waals surface area contributed by atoms with Gasteiger partial charge in [-0.1, -0.05) is 154 Å². The van der Waals surface area contributed by atoms with Gasteiger partial charge in [-0.3, -0.25) is 0 Å². The Balaban J connectivity index is 0.0000110. The van der Waals surface area contributed by atoms with Crippen molar-refractivity contribution in [2.45, 2.75) is 177 Å². The van der Waals surface area contributed by atoms with E-state index >= 15 is 0 Å². The second-order valence-electron chi connectivity index (χ2n) is 13.3. The van der Waals surface area contributed by atoms with E-state index in [4.69, 9.17) is 0 Å². The fourth-order valence-electron chi connectivity index (χ4n) is 6.60. The summed E-state index contributed by atoms with van der Waals surface area (Å²) in [6, 6.07) is 13.1. The average Bonchev–Trinajstić information content (AvgIpc) is 3.02. The summed E-state index contributed by atoms with van der Waals surface area (Å²) in [4.78, 5) is -0.331. The van der Waals surface area contributed by atoms with Crippen LogP contribution in [0, 0.1) is 0 Å². The Hall–Kier alpha value is 0.260. The van der Waals surface area contributed by atoms with Crippen LogP contribution in [0.15, 0.2) is 58.3 Å². The molecule has 2 rings (SSSR count). The zero-order valence-electron chi connectivity index (χ0n) is 30.6. The molecule has 10 heteroatoms. The maximum Gasteiger partial charge on any atom is 1.00 e. The molecule has 2 aromatic carbocycles. The molecule has 6 nitrogen and oxygen atoms in total. The molecule has 0 aliphatic carbocycles. The second-order valence-corrected chi connectivity index (χ2v) is 16.0. The zero-order valence-corrected chi connectivity index (χ0v) is 36.2. The first-order valence-corrected chi connectivity index (χ1v) is 21.0. The average molecular weight is 723 g/mol. The minimum Gasteiger partial charge on any atom is -0.744 e. The number of benzene rings is 2. The van der Waals surface area contributed by atoms with Crippen molar-refractivity contribution in [1.29, 1.82) is 0 Å². The maximum atomic E-state index is 11.4. The summed E-state index contributed by atoms with van der Waals surface area (Å²) in [7, 11) is -8.89. The summed E-state index contributed by atoms with van der Waals surface area (Å²) >= 11 is 0. The van der Waals surface area contributed by atoms with Gasteiger partial charge in [0.2, 0.25) is 0 Å². The number of hydrogen-bond acceptors (Lipinski definition) is 6. The van der Waals surface area contributed by atoms with E-state index < -0.39 is 20.2 Å². The Morgan fingerprint density at radius 3 is 0.875 bits per heavy atom. The topological polar surface area (TPSA) is 114 Å². The quantitative estimate of drug-likeness (QED) is 0.0730. The normalized spacial score (nSPS) is 13.0. The maximum absolute atomic E-state index is 11.4. The summed E-state index contributed by atoms with van der Waals surface area (Å²) in [5.74, 6) is 0.722. The van der Waals surface area contributed by atoms with E-state index in [9.17, 15) is 25.9 Å². The predicted molar refractivity (Wildman–Crippen MR) is 187 cm³/mol. The van der Waals surface area contributed by atoms with Crippen LogP contribution in [0.4, 0.5) is 0 Å². The van der Waals surface area contributed by atoms with Crippen molar-refractivity contribution in [2.75, 3.05) is 0 Å². The summed E-state index contributed by atoms with van der Waals surface area (Å²) in [5, 5.41) is 0. The Morgan fingerprint density at radius 2 is 0.646 bits per heavy atom. The molecule has 48 heavy (non-hydrogen) atoms. The van der Waals surface area contributed by atoms with Gasteiger partial charge in [0.1, 0.15) is 20.2 Å². The monoisotopic (exact) mass is 722 g/mol. The smallest absolute Gasteiger partial charge is 0.744 e. The molecule has 0 radical (unpaired) electrons. The van der Waals surface area contributed by atoms with Crippen LogP contribution >= 0.6 is 0 Å². The van der Waals surface area contributed by atoms with Crippen molar-refractivity contribution in [3.8, 4) is 0 Å². The van der Waals surface area contributed by atoms with Crippen LogP contribution in [0.25, 0.3) is 0 Å². The molecule has 0 saturated heterocycles. The summed E-state index contributed by atoms with van der Waals surface area (Å²) < 4.78 is 68.6. The van der Waals surface area contributed by atoms with Crippen LogP contribution in [0.3, 0.4) is 0 Å². The van der Waals surface area contributed by atoms with Crippen LogP contribution in [0.1, 0.15) is 178 Å². The van der Waals surface area contributed by atoms with Crippen molar-refractivity contribution >= 4 is 20.2 Å². The van der Waals surface area contributed by atoms with Gasteiger partial charge in [-0.2, -0.15) is 0 Å². The van der Waals surface area contributed by atoms with Gasteiger partial charge in [0.05, 0.1) is 9.79 Å². The van der Waals surface area contributed by atoms with E-state index in [-0.39, 0.29) is 68.9 Å². The third-order valence-electron chi connectivity index (χ3n) is 9.45. The van der Waals surface area contributed by atoms with Gasteiger partial charge in [-0.15, -0.1) is 0 Å². The van der Waals surface area contributed by atoms with Gasteiger partial charge in [0.25, 0.3) is 0 Å². The first-order valence-electron chi connectivity index (χ1n) is 18.2. The van der Waals surface area contributed by atoms with E-state index in [2.05, 4.69) is 13.8 Å². The molecular weight excluding hydrogens is 663 g/mol. The van der Waals surface area contributed by atoms with Crippen LogP contribution in [0.2, 0.25) is 0 Å². The van der Waals surface area contributed by atoms with Crippen LogP contribution in [-0.4, -0.2) is 25.9 Å². The molecule has 0 amide bonds. The predicted octanol–water partition coefficient (Wildman–Crippen LogP) is 4.99. The van der Waals surface area contributed by atoms with E-state index in [1.54, 1.807) is 0 Å². The molecule has 0 aromatic heterocycles. The first kappa shape index (κ1) is 48.3. The minimum atomic E-state index is -4.44. The van der Waals surface area contributed by atoms with Gasteiger partial charge in [-0.25, -0.2) is 16.8 Å². The molecule has 0 aliphatic heterocycles. The molecule has 2 atom stereocenters. The first-order chi connectivity index (χ1) is 22.1. The van der Waals surface area contributed by atoms with Gasteiger partial charge in [0.15, 0.2) is 0 Å². The summed E-state index contributed by atoms with van der Waals surface area (Å²) in [6.45, 7) is 4.46. The van der Waals surface area contributed by atoms with Crippen molar-refractivity contribution in [2.24, 2.45) is 0 Å². The third kappa shape index (κ3) is 20.9. The van der Waals surface area contributed by atoms with E-state index in [0.29, 0.717) is 11.8 Å². The fraction of sp³-hybridized carbons (Fsp3) is 0.684. The van der Waals surface area contributed by atoms with Crippen molar-refractivity contribution in [3.63, 3.8) is 0 Å². The van der Waals surface area contributed by atoms with Gasteiger partial charge >= 0.3 is 59.1 Å². The van der Waals surface area contributed by atoms with Crippen molar-refractivity contribution < 1.29 is 85.1 Å². The van der Waals surface area contributed by atoms with Crippen LogP contribution in [-0.2, 0) is 20.2 Å². The SMILES string of the molecule is CCCCCCCCCC(CCCCCCC(CCCCCCCCC)c1ccc(S(=O)(=O)[O-])cc1)c1ccc(S(=O)(=O)[O-])cc1.[Na+].[Na+]. The standard InChI is InChI=1S/C38H62O6S2.2Na/c1-3-5-7-9-11-13-17-21-33(35-25-29-37(30-26-35)45(39,40)41)23-19-15-16-20-24-34(22-18-14-12-10-8-6-4-2)36-27-31-38(32-28-36)46(42,43)44;;/h25-34H,3-24H2,1-2H3,(H,39,40,41)(H,42,43,44);;/q;2*+1/p-2. The number of unbranched alkanes of at least 4 members (excludes halogenated alkanes) is 15. The number of rotatable bonds is 27. The van der Waals surface area contributed by atoms with Gasteiger partial charge < -0.3 is 9.11 Å². The van der Waals surface area contributed by atoms with E-state index in [1.807, 2.05) is 24.3 Å². The molecule has 262 valence electrons. The summed E-state index contributed by atoms with van der Waals surface area (Å²) in [5.41, 5.74) is 2.24. The third-order valence-corrected chi connectivity index (χ3v) is 11.1. The fourth-order valence-corrected chi connectivity index (χ4v) is 7.54. The molecule has 2 aromatic rings. The largest absolute Gasteiger partial charge is 1.00 e. The Labute approximate surface area is 338 Å². The summed E-state index contributed by atoms with van der Waals surface area (Å²) in [6.07, 6.45) is 26.2. The Morgan fingerprint density at radius 1 is 0.417 bits per heavy atom. The van der Waals surface area contributed by atoms with Gasteiger partial charge in [-0.05, 0) is 72.9 Å². The minimum absolute atomic E-state index is 0. The molecule has 2 unspecified atom stereocenters. The molecule has 0 heterocycles. The molecular formula is C38H60Na2O6S2. The van der Waals surface area contributed by atoms with E-state index in [0.717, 1.165) is 75.3 Å². The van der Waals surface area contributed by atoms with E-state index in [1.165, 1.54) is 101 Å². The zero-order chi connectivity index (χ0) is 33.7. The number of hydrogen-bond donors (Lipinski definition) is 0. The van der Waals surface area contributed by atoms with Crippen molar-refractivity contribution in [3.05, 3.63) is 59.7 Å². The Kier molecular flexibility index (Phi) is 28.0. The molecule has 0 spiro atoms. The molecule has 0 fully saturated rings. The Bertz CT molecular complexity index is 1180. The van der Waals surface area contributed by atoms with Crippen molar-refractivity contribution in [1.82, 2.24) is 0 Å². The van der Waals surface area contributed by atoms with Crippen LogP contribution in [0.5, 0.6) is 0 Å². The second kappa shape index (κ2) is 27.9. The van der Waals surface area contributed by atoms with Crippen LogP contribution < -0.4 is 59.1 Å². The van der Waals surface area contributed by atoms with Gasteiger partial charge in [0, 0.05) is 0 Å². The molecule has 0 N–H and O–H groups in total.